The van der Waals surface area contributed by atoms with Crippen LogP contribution in [-0.2, 0) is 6.54 Å². The first kappa shape index (κ1) is 23.4. The Balaban J connectivity index is 0.00000320. The summed E-state index contributed by atoms with van der Waals surface area (Å²) in [5.41, 5.74) is 7.95. The van der Waals surface area contributed by atoms with E-state index in [1.165, 1.54) is 12.1 Å². The number of nitrogens with one attached hydrogen (secondary N) is 3. The number of hydrogen-bond donors (Lipinski definition) is 3. The summed E-state index contributed by atoms with van der Waals surface area (Å²) in [5.74, 6) is 1.17. The van der Waals surface area contributed by atoms with Crippen molar-refractivity contribution in [3.8, 4) is 0 Å². The molecule has 3 aromatic rings. The van der Waals surface area contributed by atoms with Gasteiger partial charge in [-0.15, -0.1) is 0 Å². The topological polar surface area (TPSA) is 94.2 Å². The molecule has 1 aromatic carbocycles. The number of nitrogen functional groups attached to an aromatic ring is 1. The molecule has 3 rings (SSSR count). The molecular formula is C21H23ClFN5OS. The summed E-state index contributed by atoms with van der Waals surface area (Å²) < 4.78 is 13.0. The number of nitrogens with two attached hydrogens (primary N) is 1. The highest BCUT2D eigenvalue weighted by atomic mass is 35.5. The molecule has 0 aliphatic carbocycles. The van der Waals surface area contributed by atoms with E-state index in [2.05, 4.69) is 27.5 Å². The highest BCUT2D eigenvalue weighted by molar-refractivity contribution is 7.99. The van der Waals surface area contributed by atoms with E-state index in [0.717, 1.165) is 22.8 Å². The Morgan fingerprint density at radius 2 is 1.97 bits per heavy atom. The first-order valence-electron chi connectivity index (χ1n) is 9.26. The molecule has 9 heteroatoms. The molecule has 0 saturated heterocycles. The van der Waals surface area contributed by atoms with Crippen molar-refractivity contribution < 1.29 is 26.6 Å². The Bertz CT molecular complexity index is 987. The van der Waals surface area contributed by atoms with Crippen LogP contribution in [0.25, 0.3) is 0 Å². The number of aromatic nitrogens is 2. The van der Waals surface area contributed by atoms with Crippen molar-refractivity contribution in [1.29, 1.82) is 0 Å². The van der Waals surface area contributed by atoms with Crippen molar-refractivity contribution >= 4 is 35.0 Å². The quantitative estimate of drug-likeness (QED) is 0.448. The van der Waals surface area contributed by atoms with E-state index in [0.29, 0.717) is 23.6 Å². The lowest BCUT2D eigenvalue weighted by atomic mass is 10.2. The summed E-state index contributed by atoms with van der Waals surface area (Å²) in [7, 11) is 0. The number of H-pyrrole nitrogens is 1. The maximum atomic E-state index is 13.0. The van der Waals surface area contributed by atoms with Crippen LogP contribution in [0.2, 0.25) is 0 Å². The third-order valence-corrected chi connectivity index (χ3v) is 5.31. The number of benzene rings is 1. The van der Waals surface area contributed by atoms with Gasteiger partial charge in [0.05, 0.1) is 5.69 Å². The molecule has 0 saturated carbocycles. The van der Waals surface area contributed by atoms with Gasteiger partial charge >= 0.3 is 0 Å². The lowest BCUT2D eigenvalue weighted by molar-refractivity contribution is -0.426. The van der Waals surface area contributed by atoms with Crippen molar-refractivity contribution in [2.24, 2.45) is 0 Å². The van der Waals surface area contributed by atoms with E-state index in [9.17, 15) is 9.18 Å². The van der Waals surface area contributed by atoms with Crippen LogP contribution in [0.15, 0.2) is 59.8 Å². The number of aromatic amines is 1. The van der Waals surface area contributed by atoms with E-state index in [1.807, 2.05) is 0 Å². The molecule has 0 radical (unpaired) electrons. The van der Waals surface area contributed by atoms with Crippen molar-refractivity contribution in [1.82, 2.24) is 4.98 Å². The molecule has 2 heterocycles. The minimum absolute atomic E-state index is 0. The molecule has 0 spiro atoms. The molecular weight excluding hydrogens is 425 g/mol. The van der Waals surface area contributed by atoms with Gasteiger partial charge in [0.2, 0.25) is 0 Å². The van der Waals surface area contributed by atoms with E-state index < -0.39 is 0 Å². The van der Waals surface area contributed by atoms with Crippen LogP contribution in [0.5, 0.6) is 0 Å². The van der Waals surface area contributed by atoms with Gasteiger partial charge in [0, 0.05) is 18.4 Å². The molecule has 0 atom stereocenters. The lowest BCUT2D eigenvalue weighted by Crippen LogP contribution is -3.00. The zero-order chi connectivity index (χ0) is 20.6. The van der Waals surface area contributed by atoms with Crippen LogP contribution < -0.4 is 33.8 Å². The maximum absolute atomic E-state index is 13.0. The number of rotatable bonds is 8. The molecule has 6 nitrogen and oxygen atoms in total. The smallest absolute Gasteiger partial charge is 0.263 e. The standard InChI is InChI=1S/C21H22FN5OS.ClH/c1-2-12-29-21-16(4-3-11-24-21)20(28)26-17-9-10-18(27-19(17)23)25-13-14-5-7-15(22)8-6-14;/h3-11H,2,12-13H2,1H3,(H,26,28)(H3,23,25,27);1H. The molecule has 5 N–H and O–H groups in total. The fourth-order valence-corrected chi connectivity index (χ4v) is 3.46. The lowest BCUT2D eigenvalue weighted by Gasteiger charge is -2.11. The Morgan fingerprint density at radius 1 is 1.20 bits per heavy atom. The van der Waals surface area contributed by atoms with Gasteiger partial charge in [-0.25, -0.2) is 14.4 Å². The third kappa shape index (κ3) is 6.33. The number of carbonyl (C=O) groups is 1. The highest BCUT2D eigenvalue weighted by Crippen LogP contribution is 2.23. The molecule has 2 aromatic heterocycles. The van der Waals surface area contributed by atoms with Gasteiger partial charge in [-0.3, -0.25) is 4.79 Å². The summed E-state index contributed by atoms with van der Waals surface area (Å²) >= 11 is 1.60. The van der Waals surface area contributed by atoms with Crippen molar-refractivity contribution in [3.63, 3.8) is 0 Å². The van der Waals surface area contributed by atoms with Crippen LogP contribution in [0.3, 0.4) is 0 Å². The summed E-state index contributed by atoms with van der Waals surface area (Å²) in [6, 6.07) is 13.2. The second-order valence-corrected chi connectivity index (χ2v) is 7.43. The predicted molar refractivity (Wildman–Crippen MR) is 114 cm³/mol. The maximum Gasteiger partial charge on any atom is 0.263 e. The van der Waals surface area contributed by atoms with E-state index in [1.54, 1.807) is 54.4 Å². The minimum atomic E-state index is -0.275. The fourth-order valence-electron chi connectivity index (χ4n) is 2.59. The second-order valence-electron chi connectivity index (χ2n) is 6.32. The SMILES string of the molecule is CCCSc1[nH+]cccc1C(=O)Nc1ccc(NCc2ccc(F)cc2)nc1N.[Cl-]. The Morgan fingerprint density at radius 3 is 2.67 bits per heavy atom. The molecule has 0 fully saturated rings. The van der Waals surface area contributed by atoms with Gasteiger partial charge in [0.25, 0.3) is 10.9 Å². The average Bonchev–Trinajstić information content (AvgIpc) is 2.73. The number of carbonyl (C=O) groups excluding carboxylic acids is 1. The molecule has 0 unspecified atom stereocenters. The monoisotopic (exact) mass is 447 g/mol. The van der Waals surface area contributed by atoms with Crippen LogP contribution in [0, 0.1) is 5.82 Å². The van der Waals surface area contributed by atoms with E-state index in [-0.39, 0.29) is 29.9 Å². The summed E-state index contributed by atoms with van der Waals surface area (Å²) in [6.07, 6.45) is 2.81. The molecule has 1 amide bonds. The predicted octanol–water partition coefficient (Wildman–Crippen LogP) is 0.987. The van der Waals surface area contributed by atoms with E-state index >= 15 is 0 Å². The Labute approximate surface area is 185 Å². The number of halogens is 2. The van der Waals surface area contributed by atoms with Gasteiger partial charge in [-0.2, -0.15) is 0 Å². The zero-order valence-corrected chi connectivity index (χ0v) is 18.0. The summed E-state index contributed by atoms with van der Waals surface area (Å²) in [6.45, 7) is 2.57. The van der Waals surface area contributed by atoms with Crippen molar-refractivity contribution in [3.05, 3.63) is 71.7 Å². The van der Waals surface area contributed by atoms with Gasteiger partial charge in [0.15, 0.2) is 6.20 Å². The van der Waals surface area contributed by atoms with Crippen LogP contribution in [0.1, 0.15) is 29.3 Å². The Hall–Kier alpha value is -2.84. The fraction of sp³-hybridized carbons (Fsp3) is 0.190. The largest absolute Gasteiger partial charge is 1.00 e. The number of anilines is 3. The molecule has 0 aliphatic heterocycles. The zero-order valence-electron chi connectivity index (χ0n) is 16.4. The highest BCUT2D eigenvalue weighted by Gasteiger charge is 2.18. The van der Waals surface area contributed by atoms with Gasteiger partial charge in [0.1, 0.15) is 23.0 Å². The number of hydrogen-bond acceptors (Lipinski definition) is 5. The van der Waals surface area contributed by atoms with Gasteiger partial charge < -0.3 is 28.8 Å². The number of amides is 1. The van der Waals surface area contributed by atoms with Crippen LogP contribution >= 0.6 is 11.8 Å². The first-order valence-corrected chi connectivity index (χ1v) is 10.2. The molecule has 158 valence electrons. The summed E-state index contributed by atoms with van der Waals surface area (Å²) in [4.78, 5) is 20.1. The van der Waals surface area contributed by atoms with Gasteiger partial charge in [-0.1, -0.05) is 30.8 Å². The normalized spacial score (nSPS) is 10.2. The van der Waals surface area contributed by atoms with E-state index in [4.69, 9.17) is 5.73 Å². The van der Waals surface area contributed by atoms with Crippen LogP contribution in [0.4, 0.5) is 21.7 Å². The second kappa shape index (κ2) is 11.4. The number of pyridine rings is 2. The first-order chi connectivity index (χ1) is 14.1. The number of thioether (sulfide) groups is 1. The molecule has 0 aliphatic rings. The molecule has 0 bridgehead atoms. The molecule has 30 heavy (non-hydrogen) atoms. The van der Waals surface area contributed by atoms with Crippen LogP contribution in [-0.4, -0.2) is 16.6 Å². The minimum Gasteiger partial charge on any atom is -1.00 e. The number of nitrogens with zero attached hydrogens (tertiary/aromatic N) is 1. The van der Waals surface area contributed by atoms with Crippen molar-refractivity contribution in [2.75, 3.05) is 22.1 Å². The Kier molecular flexibility index (Phi) is 8.89. The average molecular weight is 448 g/mol. The third-order valence-electron chi connectivity index (χ3n) is 4.07. The van der Waals surface area contributed by atoms with Crippen molar-refractivity contribution in [2.45, 2.75) is 24.9 Å². The summed E-state index contributed by atoms with van der Waals surface area (Å²) in [5, 5.41) is 6.77. The van der Waals surface area contributed by atoms with Gasteiger partial charge in [-0.05, 0) is 42.3 Å².